The number of ether oxygens (including phenoxy) is 1. The molecule has 31 heavy (non-hydrogen) atoms. The Bertz CT molecular complexity index is 1070. The molecule has 1 aliphatic heterocycles. The summed E-state index contributed by atoms with van der Waals surface area (Å²) in [5.74, 6) is -0.381. The molecule has 0 bridgehead atoms. The largest absolute Gasteiger partial charge is 0.497 e. The van der Waals surface area contributed by atoms with Crippen LogP contribution in [0.4, 0.5) is 11.4 Å². The zero-order valence-electron chi connectivity index (χ0n) is 17.9. The molecule has 0 aromatic heterocycles. The molecular weight excluding hydrogens is 418 g/mol. The van der Waals surface area contributed by atoms with Gasteiger partial charge in [-0.25, -0.2) is 8.42 Å². The van der Waals surface area contributed by atoms with Gasteiger partial charge in [-0.1, -0.05) is 26.0 Å². The summed E-state index contributed by atoms with van der Waals surface area (Å²) in [7, 11) is -2.08. The van der Waals surface area contributed by atoms with Gasteiger partial charge in [0.25, 0.3) is 0 Å². The van der Waals surface area contributed by atoms with E-state index in [-0.39, 0.29) is 29.7 Å². The van der Waals surface area contributed by atoms with Crippen molar-refractivity contribution >= 4 is 33.2 Å². The van der Waals surface area contributed by atoms with E-state index < -0.39 is 15.9 Å². The van der Waals surface area contributed by atoms with Crippen LogP contribution < -0.4 is 15.0 Å². The van der Waals surface area contributed by atoms with E-state index in [1.54, 1.807) is 62.3 Å². The van der Waals surface area contributed by atoms with Crippen molar-refractivity contribution in [3.63, 3.8) is 0 Å². The van der Waals surface area contributed by atoms with Gasteiger partial charge in [0.05, 0.1) is 17.9 Å². The highest BCUT2D eigenvalue weighted by Gasteiger charge is 2.35. The van der Waals surface area contributed by atoms with Crippen LogP contribution in [0.5, 0.6) is 5.75 Å². The summed E-state index contributed by atoms with van der Waals surface area (Å²) in [6, 6.07) is 13.3. The number of methoxy groups -OCH3 is 1. The summed E-state index contributed by atoms with van der Waals surface area (Å²) in [5.41, 5.74) is 1.05. The maximum absolute atomic E-state index is 12.8. The van der Waals surface area contributed by atoms with Gasteiger partial charge in [0.15, 0.2) is 0 Å². The zero-order valence-corrected chi connectivity index (χ0v) is 18.7. The maximum Gasteiger partial charge on any atom is 0.243 e. The summed E-state index contributed by atoms with van der Waals surface area (Å²) in [5, 5.41) is 2.76. The number of anilines is 2. The molecule has 166 valence electrons. The molecule has 0 spiro atoms. The van der Waals surface area contributed by atoms with E-state index in [0.717, 1.165) is 0 Å². The molecule has 3 rings (SSSR count). The van der Waals surface area contributed by atoms with Crippen molar-refractivity contribution < 1.29 is 22.7 Å². The fourth-order valence-electron chi connectivity index (χ4n) is 3.60. The van der Waals surface area contributed by atoms with Gasteiger partial charge in [-0.3, -0.25) is 9.59 Å². The number of rotatable bonds is 8. The molecule has 1 saturated heterocycles. The first kappa shape index (κ1) is 22.8. The van der Waals surface area contributed by atoms with Crippen molar-refractivity contribution in [3.8, 4) is 5.75 Å². The second-order valence-electron chi connectivity index (χ2n) is 7.21. The van der Waals surface area contributed by atoms with Gasteiger partial charge >= 0.3 is 0 Å². The fraction of sp³-hybridized carbons (Fsp3) is 0.364. The Labute approximate surface area is 182 Å². The lowest BCUT2D eigenvalue weighted by molar-refractivity contribution is -0.122. The topological polar surface area (TPSA) is 96.0 Å². The second kappa shape index (κ2) is 9.49. The van der Waals surface area contributed by atoms with Gasteiger partial charge in [-0.05, 0) is 30.3 Å². The third kappa shape index (κ3) is 4.88. The van der Waals surface area contributed by atoms with E-state index in [1.165, 1.54) is 16.4 Å². The monoisotopic (exact) mass is 445 g/mol. The third-order valence-electron chi connectivity index (χ3n) is 5.31. The molecule has 1 N–H and O–H groups in total. The molecule has 2 aromatic rings. The highest BCUT2D eigenvalue weighted by Crippen LogP contribution is 2.29. The minimum absolute atomic E-state index is 0.0838. The lowest BCUT2D eigenvalue weighted by atomic mass is 10.1. The van der Waals surface area contributed by atoms with Crippen LogP contribution in [0.15, 0.2) is 53.4 Å². The summed E-state index contributed by atoms with van der Waals surface area (Å²) in [6.45, 7) is 4.52. The Balaban J connectivity index is 1.73. The maximum atomic E-state index is 12.8. The van der Waals surface area contributed by atoms with Crippen LogP contribution in [0.1, 0.15) is 20.3 Å². The van der Waals surface area contributed by atoms with Crippen molar-refractivity contribution in [1.82, 2.24) is 4.31 Å². The molecular formula is C22H27N3O5S. The van der Waals surface area contributed by atoms with Gasteiger partial charge in [-0.2, -0.15) is 4.31 Å². The van der Waals surface area contributed by atoms with Gasteiger partial charge in [0.2, 0.25) is 21.8 Å². The predicted molar refractivity (Wildman–Crippen MR) is 119 cm³/mol. The van der Waals surface area contributed by atoms with Crippen molar-refractivity contribution in [3.05, 3.63) is 48.5 Å². The summed E-state index contributed by atoms with van der Waals surface area (Å²) >= 11 is 0. The number of nitrogens with one attached hydrogen (secondary N) is 1. The van der Waals surface area contributed by atoms with Crippen molar-refractivity contribution in [2.75, 3.05) is 37.0 Å². The summed E-state index contributed by atoms with van der Waals surface area (Å²) in [6.07, 6.45) is 0.0838. The Morgan fingerprint density at radius 3 is 2.55 bits per heavy atom. The number of hydrogen-bond acceptors (Lipinski definition) is 5. The average Bonchev–Trinajstić information content (AvgIpc) is 3.16. The minimum Gasteiger partial charge on any atom is -0.497 e. The molecule has 2 aromatic carbocycles. The van der Waals surface area contributed by atoms with Gasteiger partial charge in [-0.15, -0.1) is 0 Å². The number of carbonyl (C=O) groups is 2. The lowest BCUT2D eigenvalue weighted by Gasteiger charge is -2.19. The standard InChI is InChI=1S/C22H27N3O5S/c1-4-24(5-2)31(28,29)20-11-6-8-17(13-20)23-22(27)16-12-21(26)25(15-16)18-9-7-10-19(14-18)30-3/h6-11,13-14,16H,4-5,12,15H2,1-3H3,(H,23,27)/t16-/m0/s1. The van der Waals surface area contributed by atoms with Crippen molar-refractivity contribution in [2.45, 2.75) is 25.2 Å². The molecule has 1 fully saturated rings. The fourth-order valence-corrected chi connectivity index (χ4v) is 5.11. The number of amides is 2. The van der Waals surface area contributed by atoms with Crippen LogP contribution >= 0.6 is 0 Å². The van der Waals surface area contributed by atoms with E-state index >= 15 is 0 Å². The molecule has 8 nitrogen and oxygen atoms in total. The molecule has 0 aliphatic carbocycles. The molecule has 0 saturated carbocycles. The quantitative estimate of drug-likeness (QED) is 0.674. The number of hydrogen-bond donors (Lipinski definition) is 1. The third-order valence-corrected chi connectivity index (χ3v) is 7.35. The van der Waals surface area contributed by atoms with Crippen LogP contribution in [0, 0.1) is 5.92 Å². The van der Waals surface area contributed by atoms with Gasteiger partial charge in [0, 0.05) is 43.5 Å². The molecule has 1 aliphatic rings. The van der Waals surface area contributed by atoms with E-state index in [9.17, 15) is 18.0 Å². The first-order valence-electron chi connectivity index (χ1n) is 10.2. The minimum atomic E-state index is -3.63. The first-order chi connectivity index (χ1) is 14.8. The predicted octanol–water partition coefficient (Wildman–Crippen LogP) is 2.72. The van der Waals surface area contributed by atoms with Crippen LogP contribution in [0.2, 0.25) is 0 Å². The lowest BCUT2D eigenvalue weighted by Crippen LogP contribution is -2.31. The van der Waals surface area contributed by atoms with Crippen LogP contribution in [0.25, 0.3) is 0 Å². The number of sulfonamides is 1. The van der Waals surface area contributed by atoms with E-state index in [4.69, 9.17) is 4.74 Å². The highest BCUT2D eigenvalue weighted by atomic mass is 32.2. The summed E-state index contributed by atoms with van der Waals surface area (Å²) in [4.78, 5) is 27.0. The van der Waals surface area contributed by atoms with Crippen LogP contribution in [0.3, 0.4) is 0 Å². The smallest absolute Gasteiger partial charge is 0.243 e. The number of carbonyl (C=O) groups excluding carboxylic acids is 2. The summed E-state index contributed by atoms with van der Waals surface area (Å²) < 4.78 is 32.0. The molecule has 1 atom stereocenters. The number of benzene rings is 2. The van der Waals surface area contributed by atoms with E-state index in [1.807, 2.05) is 0 Å². The Kier molecular flexibility index (Phi) is 6.97. The molecule has 1 heterocycles. The van der Waals surface area contributed by atoms with Crippen LogP contribution in [-0.4, -0.2) is 51.3 Å². The highest BCUT2D eigenvalue weighted by molar-refractivity contribution is 7.89. The second-order valence-corrected chi connectivity index (χ2v) is 9.15. The molecule has 2 amide bonds. The van der Waals surface area contributed by atoms with Crippen LogP contribution in [-0.2, 0) is 19.6 Å². The Morgan fingerprint density at radius 2 is 1.87 bits per heavy atom. The van der Waals surface area contributed by atoms with E-state index in [2.05, 4.69) is 5.32 Å². The van der Waals surface area contributed by atoms with E-state index in [0.29, 0.717) is 30.2 Å². The molecule has 0 unspecified atom stereocenters. The zero-order chi connectivity index (χ0) is 22.6. The van der Waals surface area contributed by atoms with Crippen molar-refractivity contribution in [1.29, 1.82) is 0 Å². The Hall–Kier alpha value is -2.91. The molecule has 0 radical (unpaired) electrons. The average molecular weight is 446 g/mol. The Morgan fingerprint density at radius 1 is 1.16 bits per heavy atom. The van der Waals surface area contributed by atoms with Crippen molar-refractivity contribution in [2.24, 2.45) is 5.92 Å². The number of nitrogens with zero attached hydrogens (tertiary/aromatic N) is 2. The first-order valence-corrected chi connectivity index (χ1v) is 11.6. The van der Waals surface area contributed by atoms with Gasteiger partial charge < -0.3 is 15.0 Å². The SMILES string of the molecule is CCN(CC)S(=O)(=O)c1cccc(NC(=O)[C@H]2CC(=O)N(c3cccc(OC)c3)C2)c1. The normalized spacial score (nSPS) is 16.6. The molecule has 9 heteroatoms. The van der Waals surface area contributed by atoms with Gasteiger partial charge in [0.1, 0.15) is 5.75 Å².